The molecule has 26 heavy (non-hydrogen) atoms. The summed E-state index contributed by atoms with van der Waals surface area (Å²) in [4.78, 5) is 42.5. The first-order valence-corrected chi connectivity index (χ1v) is 8.36. The number of carboxylic acid groups (broad SMARTS) is 1. The maximum atomic E-state index is 12.4. The van der Waals surface area contributed by atoms with Gasteiger partial charge in [-0.15, -0.1) is 0 Å². The number of nitrogens with two attached hydrogens (primary N) is 1. The van der Waals surface area contributed by atoms with E-state index in [9.17, 15) is 19.5 Å². The van der Waals surface area contributed by atoms with E-state index in [1.807, 2.05) is 13.8 Å². The number of aliphatic carboxylic acids is 1. The number of carboxylic acids is 1. The van der Waals surface area contributed by atoms with Gasteiger partial charge in [-0.3, -0.25) is 9.59 Å². The van der Waals surface area contributed by atoms with Gasteiger partial charge in [0.1, 0.15) is 6.04 Å². The fourth-order valence-corrected chi connectivity index (χ4v) is 2.35. The summed E-state index contributed by atoms with van der Waals surface area (Å²) >= 11 is 0. The minimum Gasteiger partial charge on any atom is -0.480 e. The molecular formula is C16H27N5O5. The Morgan fingerprint density at radius 1 is 1.23 bits per heavy atom. The average molecular weight is 369 g/mol. The van der Waals surface area contributed by atoms with Crippen molar-refractivity contribution in [1.82, 2.24) is 20.6 Å². The van der Waals surface area contributed by atoms with Gasteiger partial charge in [0, 0.05) is 18.3 Å². The molecule has 2 amide bonds. The van der Waals surface area contributed by atoms with Crippen molar-refractivity contribution in [1.29, 1.82) is 0 Å². The number of imidazole rings is 1. The largest absolute Gasteiger partial charge is 0.480 e. The lowest BCUT2D eigenvalue weighted by molar-refractivity contribution is -0.145. The average Bonchev–Trinajstić information content (AvgIpc) is 3.03. The maximum Gasteiger partial charge on any atom is 0.328 e. The van der Waals surface area contributed by atoms with Crippen LogP contribution in [0.2, 0.25) is 0 Å². The predicted octanol–water partition coefficient (Wildman–Crippen LogP) is -1.24. The van der Waals surface area contributed by atoms with Crippen molar-refractivity contribution >= 4 is 17.8 Å². The Balaban J connectivity index is 2.76. The first-order valence-electron chi connectivity index (χ1n) is 8.36. The van der Waals surface area contributed by atoms with Gasteiger partial charge >= 0.3 is 5.97 Å². The molecule has 0 unspecified atom stereocenters. The lowest BCUT2D eigenvalue weighted by atomic mass is 10.0. The molecule has 7 N–H and O–H groups in total. The maximum absolute atomic E-state index is 12.4. The van der Waals surface area contributed by atoms with Crippen LogP contribution in [0.3, 0.4) is 0 Å². The van der Waals surface area contributed by atoms with Crippen LogP contribution in [0.4, 0.5) is 0 Å². The van der Waals surface area contributed by atoms with E-state index in [2.05, 4.69) is 20.6 Å². The van der Waals surface area contributed by atoms with E-state index in [-0.39, 0.29) is 12.3 Å². The highest BCUT2D eigenvalue weighted by atomic mass is 16.4. The smallest absolute Gasteiger partial charge is 0.328 e. The number of carbonyl (C=O) groups excluding carboxylic acids is 2. The summed E-state index contributed by atoms with van der Waals surface area (Å²) in [5.74, 6) is -2.53. The lowest BCUT2D eigenvalue weighted by Gasteiger charge is -2.24. The van der Waals surface area contributed by atoms with Gasteiger partial charge in [-0.2, -0.15) is 0 Å². The number of aliphatic hydroxyl groups excluding tert-OH is 1. The molecule has 0 aliphatic carbocycles. The van der Waals surface area contributed by atoms with E-state index >= 15 is 0 Å². The number of carbonyl (C=O) groups is 3. The number of aromatic nitrogens is 2. The summed E-state index contributed by atoms with van der Waals surface area (Å²) in [5, 5.41) is 23.4. The summed E-state index contributed by atoms with van der Waals surface area (Å²) in [7, 11) is 0. The highest BCUT2D eigenvalue weighted by Crippen LogP contribution is 2.07. The molecule has 0 bridgehead atoms. The minimum absolute atomic E-state index is 0.0599. The molecule has 1 rings (SSSR count). The SMILES string of the molecule is CC(C)C[C@H](NC(=O)[C@@H](N)Cc1cnc[nH]1)C(=O)N[C@H](C(=O)O)[C@@H](C)O. The molecule has 1 heterocycles. The van der Waals surface area contributed by atoms with Crippen LogP contribution in [0.5, 0.6) is 0 Å². The van der Waals surface area contributed by atoms with E-state index in [4.69, 9.17) is 10.8 Å². The zero-order chi connectivity index (χ0) is 19.9. The van der Waals surface area contributed by atoms with Crippen molar-refractivity contribution < 1.29 is 24.6 Å². The molecule has 0 fully saturated rings. The molecule has 1 aromatic heterocycles. The van der Waals surface area contributed by atoms with E-state index in [0.717, 1.165) is 0 Å². The number of hydrogen-bond acceptors (Lipinski definition) is 6. The molecule has 0 aliphatic rings. The topological polar surface area (TPSA) is 170 Å². The van der Waals surface area contributed by atoms with Crippen molar-refractivity contribution in [3.8, 4) is 0 Å². The second-order valence-electron chi connectivity index (χ2n) is 6.64. The number of hydrogen-bond donors (Lipinski definition) is 6. The third-order valence-electron chi connectivity index (χ3n) is 3.72. The van der Waals surface area contributed by atoms with Crippen LogP contribution in [0, 0.1) is 5.92 Å². The number of aliphatic hydroxyl groups is 1. The molecule has 0 saturated carbocycles. The summed E-state index contributed by atoms with van der Waals surface area (Å²) in [6.45, 7) is 4.98. The Hall–Kier alpha value is -2.46. The van der Waals surface area contributed by atoms with Gasteiger partial charge < -0.3 is 31.6 Å². The Labute approximate surface area is 151 Å². The number of rotatable bonds is 10. The van der Waals surface area contributed by atoms with Gasteiger partial charge in [0.2, 0.25) is 11.8 Å². The molecule has 0 aliphatic heterocycles. The number of amides is 2. The van der Waals surface area contributed by atoms with Crippen LogP contribution >= 0.6 is 0 Å². The normalized spacial score (nSPS) is 15.8. The fourth-order valence-electron chi connectivity index (χ4n) is 2.35. The number of nitrogens with zero attached hydrogens (tertiary/aromatic N) is 1. The van der Waals surface area contributed by atoms with Gasteiger partial charge in [0.15, 0.2) is 6.04 Å². The fraction of sp³-hybridized carbons (Fsp3) is 0.625. The number of H-pyrrole nitrogens is 1. The molecule has 0 aromatic carbocycles. The monoisotopic (exact) mass is 369 g/mol. The molecule has 0 saturated heterocycles. The standard InChI is InChI=1S/C16H27N5O5/c1-8(2)4-12(15(24)21-13(9(3)22)16(25)26)20-14(23)11(17)5-10-6-18-7-19-10/h6-9,11-13,22H,4-5,17H2,1-3H3,(H,18,19)(H,20,23)(H,21,24)(H,25,26)/t9-,11+,12+,13+/m1/s1. The molecule has 0 radical (unpaired) electrons. The second-order valence-corrected chi connectivity index (χ2v) is 6.64. The van der Waals surface area contributed by atoms with Crippen molar-refractivity contribution in [2.75, 3.05) is 0 Å². The second kappa shape index (κ2) is 9.88. The molecular weight excluding hydrogens is 342 g/mol. The van der Waals surface area contributed by atoms with E-state index in [1.54, 1.807) is 6.20 Å². The van der Waals surface area contributed by atoms with Crippen LogP contribution in [-0.4, -0.2) is 62.2 Å². The Morgan fingerprint density at radius 2 is 1.88 bits per heavy atom. The van der Waals surface area contributed by atoms with Gasteiger partial charge in [0.05, 0.1) is 18.5 Å². The van der Waals surface area contributed by atoms with Gasteiger partial charge in [-0.05, 0) is 19.3 Å². The Bertz CT molecular complexity index is 602. The summed E-state index contributed by atoms with van der Waals surface area (Å²) < 4.78 is 0. The quantitative estimate of drug-likeness (QED) is 0.299. The minimum atomic E-state index is -1.47. The van der Waals surface area contributed by atoms with E-state index in [1.165, 1.54) is 13.3 Å². The Morgan fingerprint density at radius 3 is 2.35 bits per heavy atom. The summed E-state index contributed by atoms with van der Waals surface area (Å²) in [6, 6.07) is -3.33. The predicted molar refractivity (Wildman–Crippen MR) is 92.9 cm³/mol. The van der Waals surface area contributed by atoms with Gasteiger partial charge in [-0.1, -0.05) is 13.8 Å². The van der Waals surface area contributed by atoms with Gasteiger partial charge in [0.25, 0.3) is 0 Å². The van der Waals surface area contributed by atoms with Crippen molar-refractivity contribution in [3.63, 3.8) is 0 Å². The highest BCUT2D eigenvalue weighted by molar-refractivity contribution is 5.92. The van der Waals surface area contributed by atoms with E-state index < -0.39 is 42.0 Å². The molecule has 1 aromatic rings. The van der Waals surface area contributed by atoms with Crippen LogP contribution in [0.25, 0.3) is 0 Å². The van der Waals surface area contributed by atoms with Crippen LogP contribution in [-0.2, 0) is 20.8 Å². The molecule has 146 valence electrons. The van der Waals surface area contributed by atoms with Crippen LogP contribution in [0.1, 0.15) is 32.9 Å². The van der Waals surface area contributed by atoms with Crippen molar-refractivity contribution in [3.05, 3.63) is 18.2 Å². The number of nitrogens with one attached hydrogen (secondary N) is 3. The lowest BCUT2D eigenvalue weighted by Crippen LogP contribution is -2.57. The van der Waals surface area contributed by atoms with Crippen LogP contribution in [0.15, 0.2) is 12.5 Å². The third kappa shape index (κ3) is 6.81. The third-order valence-corrected chi connectivity index (χ3v) is 3.72. The van der Waals surface area contributed by atoms with Crippen molar-refractivity contribution in [2.24, 2.45) is 11.7 Å². The first kappa shape index (κ1) is 21.6. The zero-order valence-corrected chi connectivity index (χ0v) is 15.1. The number of aromatic amines is 1. The molecule has 10 nitrogen and oxygen atoms in total. The Kier molecular flexibility index (Phi) is 8.20. The first-order chi connectivity index (χ1) is 12.1. The molecule has 0 spiro atoms. The zero-order valence-electron chi connectivity index (χ0n) is 15.1. The molecule has 4 atom stereocenters. The van der Waals surface area contributed by atoms with E-state index in [0.29, 0.717) is 12.1 Å². The van der Waals surface area contributed by atoms with Gasteiger partial charge in [-0.25, -0.2) is 9.78 Å². The van der Waals surface area contributed by atoms with Crippen LogP contribution < -0.4 is 16.4 Å². The molecule has 10 heteroatoms. The summed E-state index contributed by atoms with van der Waals surface area (Å²) in [5.41, 5.74) is 6.54. The highest BCUT2D eigenvalue weighted by Gasteiger charge is 2.30. The van der Waals surface area contributed by atoms with Crippen molar-refractivity contribution in [2.45, 2.75) is 57.8 Å². The summed E-state index contributed by atoms with van der Waals surface area (Å²) in [6.07, 6.45) is 2.24.